The third kappa shape index (κ3) is 3.52. The zero-order chi connectivity index (χ0) is 14.4. The van der Waals surface area contributed by atoms with Crippen LogP contribution in [0.3, 0.4) is 0 Å². The maximum absolute atomic E-state index is 13.9. The number of hydrogen-bond acceptors (Lipinski definition) is 5. The van der Waals surface area contributed by atoms with Gasteiger partial charge in [-0.05, 0) is 31.6 Å². The summed E-state index contributed by atoms with van der Waals surface area (Å²) in [5.74, 6) is 0.153. The summed E-state index contributed by atoms with van der Waals surface area (Å²) in [6, 6.07) is 4.75. The van der Waals surface area contributed by atoms with Gasteiger partial charge in [0.25, 0.3) is 0 Å². The van der Waals surface area contributed by atoms with Crippen LogP contribution < -0.4 is 10.1 Å². The van der Waals surface area contributed by atoms with Crippen molar-refractivity contribution in [3.63, 3.8) is 0 Å². The van der Waals surface area contributed by atoms with E-state index in [4.69, 9.17) is 4.74 Å². The van der Waals surface area contributed by atoms with Crippen molar-refractivity contribution in [1.82, 2.24) is 15.5 Å². The molecule has 108 valence electrons. The molecule has 6 heteroatoms. The lowest BCUT2D eigenvalue weighted by atomic mass is 10.2. The maximum atomic E-state index is 13.9. The summed E-state index contributed by atoms with van der Waals surface area (Å²) in [7, 11) is 1.52. The highest BCUT2D eigenvalue weighted by Crippen LogP contribution is 2.34. The molecule has 20 heavy (non-hydrogen) atoms. The first-order valence-electron chi connectivity index (χ1n) is 6.62. The lowest BCUT2D eigenvalue weighted by Gasteiger charge is -2.05. The average Bonchev–Trinajstić information content (AvgIpc) is 2.91. The summed E-state index contributed by atoms with van der Waals surface area (Å²) in [5.41, 5.74) is 0.394. The summed E-state index contributed by atoms with van der Waals surface area (Å²) in [5, 5.41) is 13.0. The molecule has 0 spiro atoms. The van der Waals surface area contributed by atoms with Gasteiger partial charge in [-0.15, -0.1) is 10.2 Å². The molecule has 4 nitrogen and oxygen atoms in total. The minimum Gasteiger partial charge on any atom is -0.496 e. The van der Waals surface area contributed by atoms with Crippen molar-refractivity contribution in [3.8, 4) is 16.3 Å². The van der Waals surface area contributed by atoms with Gasteiger partial charge < -0.3 is 10.1 Å². The van der Waals surface area contributed by atoms with Gasteiger partial charge in [-0.25, -0.2) is 4.39 Å². The van der Waals surface area contributed by atoms with Crippen LogP contribution in [0.4, 0.5) is 4.39 Å². The van der Waals surface area contributed by atoms with E-state index in [1.165, 1.54) is 24.5 Å². The molecule has 0 saturated carbocycles. The number of hydrogen-bond donors (Lipinski definition) is 1. The first-order chi connectivity index (χ1) is 9.76. The van der Waals surface area contributed by atoms with E-state index in [-0.39, 0.29) is 5.82 Å². The van der Waals surface area contributed by atoms with Gasteiger partial charge in [0.2, 0.25) is 0 Å². The second-order valence-electron chi connectivity index (χ2n) is 4.28. The number of aromatic nitrogens is 2. The number of methoxy groups -OCH3 is 1. The number of halogens is 1. The lowest BCUT2D eigenvalue weighted by molar-refractivity contribution is 0.413. The van der Waals surface area contributed by atoms with Crippen LogP contribution in [0.1, 0.15) is 18.4 Å². The molecule has 0 bridgehead atoms. The van der Waals surface area contributed by atoms with Crippen molar-refractivity contribution in [3.05, 3.63) is 29.0 Å². The highest BCUT2D eigenvalue weighted by Gasteiger charge is 2.16. The standard InChI is InChI=1S/C14H18FN3OS/c1-3-16-9-5-8-12-17-18-14(20-12)13-10(15)6-4-7-11(13)19-2/h4,6-7,16H,3,5,8-9H2,1-2H3. The Morgan fingerprint density at radius 2 is 2.20 bits per heavy atom. The number of nitrogens with one attached hydrogen (secondary N) is 1. The zero-order valence-electron chi connectivity index (χ0n) is 11.6. The van der Waals surface area contributed by atoms with E-state index in [0.717, 1.165) is 30.9 Å². The topological polar surface area (TPSA) is 47.0 Å². The molecule has 0 unspecified atom stereocenters. The number of benzene rings is 1. The Morgan fingerprint density at radius 3 is 2.95 bits per heavy atom. The highest BCUT2D eigenvalue weighted by molar-refractivity contribution is 7.14. The van der Waals surface area contributed by atoms with Gasteiger partial charge in [-0.3, -0.25) is 0 Å². The Bertz CT molecular complexity index is 559. The van der Waals surface area contributed by atoms with Crippen LogP contribution in [0, 0.1) is 5.82 Å². The van der Waals surface area contributed by atoms with Crippen molar-refractivity contribution < 1.29 is 9.13 Å². The summed E-state index contributed by atoms with van der Waals surface area (Å²) < 4.78 is 19.1. The highest BCUT2D eigenvalue weighted by atomic mass is 32.1. The van der Waals surface area contributed by atoms with Gasteiger partial charge in [-0.2, -0.15) is 0 Å². The molecule has 0 aliphatic rings. The Morgan fingerprint density at radius 1 is 1.35 bits per heavy atom. The van der Waals surface area contributed by atoms with Crippen LogP contribution in [-0.4, -0.2) is 30.4 Å². The fourth-order valence-electron chi connectivity index (χ4n) is 1.88. The van der Waals surface area contributed by atoms with Crippen molar-refractivity contribution in [2.75, 3.05) is 20.2 Å². The molecule has 0 saturated heterocycles. The second kappa shape index (κ2) is 7.31. The monoisotopic (exact) mass is 295 g/mol. The molecular weight excluding hydrogens is 277 g/mol. The number of rotatable bonds is 7. The smallest absolute Gasteiger partial charge is 0.154 e. The number of aryl methyl sites for hydroxylation is 1. The molecule has 1 heterocycles. The largest absolute Gasteiger partial charge is 0.496 e. The summed E-state index contributed by atoms with van der Waals surface area (Å²) >= 11 is 1.42. The van der Waals surface area contributed by atoms with E-state index in [9.17, 15) is 4.39 Å². The van der Waals surface area contributed by atoms with Crippen LogP contribution in [-0.2, 0) is 6.42 Å². The Hall–Kier alpha value is -1.53. The van der Waals surface area contributed by atoms with Crippen LogP contribution in [0.15, 0.2) is 18.2 Å². The summed E-state index contributed by atoms with van der Waals surface area (Å²) in [4.78, 5) is 0. The lowest BCUT2D eigenvalue weighted by Crippen LogP contribution is -2.14. The zero-order valence-corrected chi connectivity index (χ0v) is 12.5. The molecule has 0 atom stereocenters. The minimum atomic E-state index is -0.334. The van der Waals surface area contributed by atoms with Crippen LogP contribution in [0.5, 0.6) is 5.75 Å². The van der Waals surface area contributed by atoms with Gasteiger partial charge in [0.15, 0.2) is 5.01 Å². The van der Waals surface area contributed by atoms with Crippen molar-refractivity contribution in [2.24, 2.45) is 0 Å². The Labute approximate surface area is 122 Å². The first kappa shape index (κ1) is 14.9. The predicted molar refractivity (Wildman–Crippen MR) is 78.7 cm³/mol. The fourth-order valence-corrected chi connectivity index (χ4v) is 2.81. The fraction of sp³-hybridized carbons (Fsp3) is 0.429. The third-order valence-electron chi connectivity index (χ3n) is 2.87. The Balaban J connectivity index is 2.12. The molecule has 1 aromatic carbocycles. The van der Waals surface area contributed by atoms with Crippen molar-refractivity contribution in [1.29, 1.82) is 0 Å². The minimum absolute atomic E-state index is 0.334. The molecule has 2 rings (SSSR count). The Kier molecular flexibility index (Phi) is 5.43. The van der Waals surface area contributed by atoms with E-state index in [1.807, 2.05) is 0 Å². The molecule has 0 aliphatic carbocycles. The van der Waals surface area contributed by atoms with Crippen LogP contribution >= 0.6 is 11.3 Å². The summed E-state index contributed by atoms with van der Waals surface area (Å²) in [6.07, 6.45) is 1.85. The molecule has 0 amide bonds. The van der Waals surface area contributed by atoms with E-state index in [1.54, 1.807) is 12.1 Å². The third-order valence-corrected chi connectivity index (χ3v) is 3.87. The van der Waals surface area contributed by atoms with Gasteiger partial charge >= 0.3 is 0 Å². The molecule has 1 aromatic heterocycles. The van der Waals surface area contributed by atoms with Gasteiger partial charge in [-0.1, -0.05) is 24.3 Å². The predicted octanol–water partition coefficient (Wildman–Crippen LogP) is 2.89. The van der Waals surface area contributed by atoms with Gasteiger partial charge in [0.1, 0.15) is 16.6 Å². The number of ether oxygens (including phenoxy) is 1. The molecule has 2 aromatic rings. The van der Waals surface area contributed by atoms with Crippen molar-refractivity contribution >= 4 is 11.3 Å². The maximum Gasteiger partial charge on any atom is 0.154 e. The molecule has 0 aliphatic heterocycles. The quantitative estimate of drug-likeness (QED) is 0.798. The summed E-state index contributed by atoms with van der Waals surface area (Å²) in [6.45, 7) is 4.00. The molecule has 1 N–H and O–H groups in total. The van der Waals surface area contributed by atoms with E-state index >= 15 is 0 Å². The molecule has 0 radical (unpaired) electrons. The molecule has 0 fully saturated rings. The second-order valence-corrected chi connectivity index (χ2v) is 5.34. The van der Waals surface area contributed by atoms with Gasteiger partial charge in [0.05, 0.1) is 12.7 Å². The van der Waals surface area contributed by atoms with Crippen LogP contribution in [0.2, 0.25) is 0 Å². The molecular formula is C14H18FN3OS. The van der Waals surface area contributed by atoms with Crippen molar-refractivity contribution in [2.45, 2.75) is 19.8 Å². The first-order valence-corrected chi connectivity index (χ1v) is 7.44. The van der Waals surface area contributed by atoms with E-state index in [2.05, 4.69) is 22.4 Å². The van der Waals surface area contributed by atoms with Gasteiger partial charge in [0, 0.05) is 6.42 Å². The number of nitrogens with zero attached hydrogens (tertiary/aromatic N) is 2. The van der Waals surface area contributed by atoms with Crippen LogP contribution in [0.25, 0.3) is 10.6 Å². The van der Waals surface area contributed by atoms with E-state index in [0.29, 0.717) is 16.3 Å². The average molecular weight is 295 g/mol. The van der Waals surface area contributed by atoms with E-state index < -0.39 is 0 Å². The normalized spacial score (nSPS) is 10.8. The SMILES string of the molecule is CCNCCCc1nnc(-c2c(F)cccc2OC)s1.